The van der Waals surface area contributed by atoms with Crippen molar-refractivity contribution in [3.05, 3.63) is 114 Å². The largest absolute Gasteiger partial charge is 0.489 e. The van der Waals surface area contributed by atoms with Gasteiger partial charge in [0.2, 0.25) is 0 Å². The second-order valence-corrected chi connectivity index (χ2v) is 9.24. The van der Waals surface area contributed by atoms with Crippen LogP contribution in [0.25, 0.3) is 11.1 Å². The lowest BCUT2D eigenvalue weighted by Gasteiger charge is -2.21. The molecule has 1 N–H and O–H groups in total. The highest BCUT2D eigenvalue weighted by Crippen LogP contribution is 2.33. The van der Waals surface area contributed by atoms with Crippen molar-refractivity contribution in [2.24, 2.45) is 0 Å². The molecule has 0 aliphatic heterocycles. The molecule has 0 aliphatic rings. The summed E-state index contributed by atoms with van der Waals surface area (Å²) in [4.78, 5) is 30.3. The van der Waals surface area contributed by atoms with E-state index in [0.29, 0.717) is 21.8 Å². The summed E-state index contributed by atoms with van der Waals surface area (Å²) in [6.45, 7) is -0.133. The maximum atomic E-state index is 13.8. The molecule has 1 amide bonds. The first-order valence-corrected chi connectivity index (χ1v) is 12.8. The van der Waals surface area contributed by atoms with E-state index in [1.54, 1.807) is 73.2 Å². The van der Waals surface area contributed by atoms with Gasteiger partial charge in [0.05, 0.1) is 0 Å². The summed E-state index contributed by atoms with van der Waals surface area (Å²) in [5.41, 5.74) is 3.15. The van der Waals surface area contributed by atoms with Crippen LogP contribution in [0.2, 0.25) is 0 Å². The number of aliphatic carboxylic acids is 1. The fraction of sp³-hybridized carbons (Fsp3) is 0.138. The number of carbonyl (C=O) groups is 2. The normalized spacial score (nSPS) is 10.7. The van der Waals surface area contributed by atoms with Gasteiger partial charge in [-0.05, 0) is 77.0 Å². The highest BCUT2D eigenvalue weighted by atomic mass is 32.2. The van der Waals surface area contributed by atoms with Crippen molar-refractivity contribution >= 4 is 23.6 Å². The molecule has 1 aromatic heterocycles. The molecule has 38 heavy (non-hydrogen) atoms. The zero-order valence-corrected chi connectivity index (χ0v) is 21.3. The van der Waals surface area contributed by atoms with E-state index in [2.05, 4.69) is 4.98 Å². The van der Waals surface area contributed by atoms with Gasteiger partial charge in [0.25, 0.3) is 5.91 Å². The molecule has 0 atom stereocenters. The highest BCUT2D eigenvalue weighted by Gasteiger charge is 2.19. The fourth-order valence-corrected chi connectivity index (χ4v) is 4.49. The Balaban J connectivity index is 1.45. The quantitative estimate of drug-likeness (QED) is 0.249. The van der Waals surface area contributed by atoms with Crippen LogP contribution < -0.4 is 4.74 Å². The van der Waals surface area contributed by atoms with E-state index in [9.17, 15) is 23.5 Å². The Kier molecular flexibility index (Phi) is 8.70. The number of aromatic nitrogens is 1. The Labute approximate surface area is 222 Å². The molecule has 0 unspecified atom stereocenters. The zero-order valence-electron chi connectivity index (χ0n) is 20.4. The maximum absolute atomic E-state index is 13.8. The molecule has 3 aromatic carbocycles. The number of rotatable bonds is 10. The molecule has 0 spiro atoms. The van der Waals surface area contributed by atoms with E-state index in [4.69, 9.17) is 4.74 Å². The molecule has 0 saturated carbocycles. The number of carboxylic acid groups (broad SMARTS) is 1. The molecule has 0 fully saturated rings. The Morgan fingerprint density at radius 2 is 1.66 bits per heavy atom. The first-order valence-electron chi connectivity index (χ1n) is 11.6. The van der Waals surface area contributed by atoms with Crippen molar-refractivity contribution in [1.82, 2.24) is 9.88 Å². The molecule has 0 saturated heterocycles. The lowest BCUT2D eigenvalue weighted by Crippen LogP contribution is -2.35. The van der Waals surface area contributed by atoms with Crippen molar-refractivity contribution in [3.8, 4) is 16.9 Å². The minimum atomic E-state index is -1.11. The van der Waals surface area contributed by atoms with Crippen LogP contribution in [-0.4, -0.2) is 39.7 Å². The molecule has 4 rings (SSSR count). The Hall–Kier alpha value is -4.24. The zero-order chi connectivity index (χ0) is 27.1. The number of carbonyl (C=O) groups excluding carboxylic acids is 1. The van der Waals surface area contributed by atoms with Gasteiger partial charge in [-0.1, -0.05) is 24.3 Å². The fourth-order valence-electron chi connectivity index (χ4n) is 3.87. The molecule has 9 heteroatoms. The van der Waals surface area contributed by atoms with Gasteiger partial charge < -0.3 is 14.7 Å². The lowest BCUT2D eigenvalue weighted by molar-refractivity contribution is -0.137. The number of thioether (sulfide) groups is 1. The molecule has 4 aromatic rings. The van der Waals surface area contributed by atoms with Crippen LogP contribution in [0.5, 0.6) is 5.75 Å². The van der Waals surface area contributed by atoms with Crippen molar-refractivity contribution in [3.63, 3.8) is 0 Å². The van der Waals surface area contributed by atoms with Crippen LogP contribution in [-0.2, 0) is 17.9 Å². The summed E-state index contributed by atoms with van der Waals surface area (Å²) in [5.74, 6) is -2.75. The number of benzene rings is 3. The topological polar surface area (TPSA) is 79.7 Å². The number of nitrogens with zero attached hydrogens (tertiary/aromatic N) is 2. The summed E-state index contributed by atoms with van der Waals surface area (Å²) in [6.07, 6.45) is 4.97. The first kappa shape index (κ1) is 26.8. The minimum Gasteiger partial charge on any atom is -0.489 e. The van der Waals surface area contributed by atoms with E-state index < -0.39 is 30.1 Å². The molecular weight excluding hydrogens is 510 g/mol. The number of halogens is 2. The van der Waals surface area contributed by atoms with Gasteiger partial charge in [-0.25, -0.2) is 8.78 Å². The van der Waals surface area contributed by atoms with Gasteiger partial charge in [0.1, 0.15) is 18.9 Å². The van der Waals surface area contributed by atoms with E-state index in [0.717, 1.165) is 16.7 Å². The van der Waals surface area contributed by atoms with Gasteiger partial charge in [0.15, 0.2) is 11.6 Å². The average molecular weight is 535 g/mol. The summed E-state index contributed by atoms with van der Waals surface area (Å²) in [5, 5.41) is 9.31. The number of carboxylic acids is 1. The van der Waals surface area contributed by atoms with Crippen molar-refractivity contribution in [2.45, 2.75) is 18.0 Å². The summed E-state index contributed by atoms with van der Waals surface area (Å²) < 4.78 is 33.3. The van der Waals surface area contributed by atoms with Gasteiger partial charge in [-0.3, -0.25) is 14.6 Å². The number of pyridine rings is 1. The van der Waals surface area contributed by atoms with Crippen LogP contribution in [0, 0.1) is 11.6 Å². The smallest absolute Gasteiger partial charge is 0.323 e. The van der Waals surface area contributed by atoms with Gasteiger partial charge in [-0.15, -0.1) is 11.8 Å². The molecular formula is C29H24F2N2O4S. The summed E-state index contributed by atoms with van der Waals surface area (Å²) >= 11 is 1.33. The Bertz CT molecular complexity index is 1430. The molecule has 1 heterocycles. The van der Waals surface area contributed by atoms with Gasteiger partial charge in [-0.2, -0.15) is 0 Å². The van der Waals surface area contributed by atoms with E-state index in [1.165, 1.54) is 28.8 Å². The predicted octanol–water partition coefficient (Wildman–Crippen LogP) is 6.05. The van der Waals surface area contributed by atoms with Crippen LogP contribution in [0.4, 0.5) is 8.78 Å². The highest BCUT2D eigenvalue weighted by molar-refractivity contribution is 7.98. The van der Waals surface area contributed by atoms with Crippen LogP contribution in [0.1, 0.15) is 21.5 Å². The number of amides is 1. The summed E-state index contributed by atoms with van der Waals surface area (Å²) in [7, 11) is 0. The third-order valence-corrected chi connectivity index (χ3v) is 6.50. The number of hydrogen-bond donors (Lipinski definition) is 1. The average Bonchev–Trinajstić information content (AvgIpc) is 2.93. The monoisotopic (exact) mass is 534 g/mol. The second-order valence-electron chi connectivity index (χ2n) is 8.39. The third kappa shape index (κ3) is 6.74. The summed E-state index contributed by atoms with van der Waals surface area (Å²) in [6, 6.07) is 19.7. The predicted molar refractivity (Wildman–Crippen MR) is 141 cm³/mol. The SMILES string of the molecule is CSc1cc(F)c(F)cc1-c1ccc(OCc2cccc(C(=O)N(CC(=O)O)Cc3ccncc3)c2)cc1. The van der Waals surface area contributed by atoms with Crippen LogP contribution in [0.15, 0.2) is 90.1 Å². The molecule has 0 radical (unpaired) electrons. The molecule has 0 bridgehead atoms. The molecule has 194 valence electrons. The third-order valence-electron chi connectivity index (χ3n) is 5.72. The van der Waals surface area contributed by atoms with Gasteiger partial charge in [0, 0.05) is 29.4 Å². The molecule has 6 nitrogen and oxygen atoms in total. The van der Waals surface area contributed by atoms with Crippen molar-refractivity contribution in [2.75, 3.05) is 12.8 Å². The van der Waals surface area contributed by atoms with Crippen molar-refractivity contribution in [1.29, 1.82) is 0 Å². The van der Waals surface area contributed by atoms with Crippen LogP contribution in [0.3, 0.4) is 0 Å². The minimum absolute atomic E-state index is 0.136. The van der Waals surface area contributed by atoms with Crippen LogP contribution >= 0.6 is 11.8 Å². The number of ether oxygens (including phenoxy) is 1. The lowest BCUT2D eigenvalue weighted by atomic mass is 10.1. The second kappa shape index (κ2) is 12.3. The standard InChI is InChI=1S/C29H24F2N2O4S/c1-38-27-15-26(31)25(30)14-24(27)21-5-7-23(8-6-21)37-18-20-3-2-4-22(13-20)29(36)33(17-28(34)35)16-19-9-11-32-12-10-19/h2-15H,16-18H2,1H3,(H,34,35). The first-order chi connectivity index (χ1) is 18.3. The van der Waals surface area contributed by atoms with E-state index in [1.807, 2.05) is 6.07 Å². The molecule has 0 aliphatic carbocycles. The van der Waals surface area contributed by atoms with E-state index >= 15 is 0 Å². The maximum Gasteiger partial charge on any atom is 0.323 e. The van der Waals surface area contributed by atoms with E-state index in [-0.39, 0.29) is 13.2 Å². The number of hydrogen-bond acceptors (Lipinski definition) is 5. The van der Waals surface area contributed by atoms with Gasteiger partial charge >= 0.3 is 5.97 Å². The Morgan fingerprint density at radius 3 is 2.34 bits per heavy atom. The van der Waals surface area contributed by atoms with Crippen molar-refractivity contribution < 1.29 is 28.2 Å². The Morgan fingerprint density at radius 1 is 0.947 bits per heavy atom.